The van der Waals surface area contributed by atoms with Crippen molar-refractivity contribution in [1.29, 1.82) is 0 Å². The summed E-state index contributed by atoms with van der Waals surface area (Å²) in [5.74, 6) is -0.293. The molecule has 0 aliphatic rings. The molecule has 0 aliphatic carbocycles. The van der Waals surface area contributed by atoms with Crippen LogP contribution in [0.25, 0.3) is 16.8 Å². The Hall–Kier alpha value is -2.53. The van der Waals surface area contributed by atoms with E-state index in [4.69, 9.17) is 4.74 Å². The fourth-order valence-electron chi connectivity index (χ4n) is 2.46. The lowest BCUT2D eigenvalue weighted by Gasteiger charge is -2.07. The minimum absolute atomic E-state index is 0.0968. The van der Waals surface area contributed by atoms with Crippen molar-refractivity contribution in [3.63, 3.8) is 0 Å². The molecule has 0 bridgehead atoms. The summed E-state index contributed by atoms with van der Waals surface area (Å²) in [7, 11) is 0. The van der Waals surface area contributed by atoms with Gasteiger partial charge in [-0.3, -0.25) is 9.20 Å². The van der Waals surface area contributed by atoms with E-state index in [2.05, 4.69) is 4.98 Å². The van der Waals surface area contributed by atoms with Crippen molar-refractivity contribution in [2.24, 2.45) is 0 Å². The normalized spacial score (nSPS) is 11.0. The van der Waals surface area contributed by atoms with Crippen molar-refractivity contribution in [3.05, 3.63) is 70.5 Å². The first kappa shape index (κ1) is 15.4. The quantitative estimate of drug-likeness (QED) is 0.680. The molecular weight excluding hydrogens is 295 g/mol. The van der Waals surface area contributed by atoms with Gasteiger partial charge in [0.1, 0.15) is 11.5 Å². The highest BCUT2D eigenvalue weighted by atomic mass is 19.1. The van der Waals surface area contributed by atoms with Gasteiger partial charge in [-0.15, -0.1) is 0 Å². The number of benzene rings is 1. The van der Waals surface area contributed by atoms with Gasteiger partial charge in [-0.05, 0) is 42.3 Å². The number of ether oxygens (including phenoxy) is 1. The van der Waals surface area contributed by atoms with Gasteiger partial charge in [-0.2, -0.15) is 0 Å². The maximum absolute atomic E-state index is 13.3. The highest BCUT2D eigenvalue weighted by molar-refractivity contribution is 5.67. The summed E-state index contributed by atoms with van der Waals surface area (Å²) in [6.45, 7) is 3.04. The number of aromatic nitrogens is 2. The molecule has 2 aromatic heterocycles. The van der Waals surface area contributed by atoms with Crippen LogP contribution in [0.2, 0.25) is 0 Å². The average molecular weight is 312 g/mol. The van der Waals surface area contributed by atoms with Crippen LogP contribution in [0.1, 0.15) is 12.5 Å². The Kier molecular flexibility index (Phi) is 4.48. The Labute approximate surface area is 133 Å². The van der Waals surface area contributed by atoms with Gasteiger partial charge >= 0.3 is 0 Å². The molecule has 0 saturated carbocycles. The Morgan fingerprint density at radius 3 is 2.83 bits per heavy atom. The van der Waals surface area contributed by atoms with Crippen LogP contribution in [0.15, 0.2) is 53.6 Å². The molecule has 2 heterocycles. The minimum atomic E-state index is -0.293. The summed E-state index contributed by atoms with van der Waals surface area (Å²) < 4.78 is 20.1. The van der Waals surface area contributed by atoms with Gasteiger partial charge in [-0.1, -0.05) is 12.1 Å². The van der Waals surface area contributed by atoms with E-state index in [-0.39, 0.29) is 11.4 Å². The van der Waals surface area contributed by atoms with E-state index in [0.717, 1.165) is 11.1 Å². The molecule has 0 atom stereocenters. The van der Waals surface area contributed by atoms with Crippen molar-refractivity contribution in [2.45, 2.75) is 13.3 Å². The molecule has 1 aromatic carbocycles. The number of nitrogens with zero attached hydrogens (tertiary/aromatic N) is 2. The smallest absolute Gasteiger partial charge is 0.261 e. The van der Waals surface area contributed by atoms with Crippen LogP contribution < -0.4 is 5.56 Å². The first-order valence-corrected chi connectivity index (χ1v) is 7.53. The molecule has 3 rings (SSSR count). The van der Waals surface area contributed by atoms with Crippen LogP contribution in [0, 0.1) is 5.82 Å². The van der Waals surface area contributed by atoms with E-state index < -0.39 is 0 Å². The second-order valence-corrected chi connectivity index (χ2v) is 5.19. The molecule has 0 aliphatic heterocycles. The van der Waals surface area contributed by atoms with Crippen LogP contribution in [-0.4, -0.2) is 22.6 Å². The van der Waals surface area contributed by atoms with Crippen LogP contribution in [0.3, 0.4) is 0 Å². The standard InChI is InChI=1S/C18H17FN2O2/c1-2-23-9-7-15-12-20-17-11-14(6-8-21(17)18(15)22)13-4-3-5-16(19)10-13/h3-6,8,10-12H,2,7,9H2,1H3. The highest BCUT2D eigenvalue weighted by Crippen LogP contribution is 2.20. The molecule has 0 saturated heterocycles. The van der Waals surface area contributed by atoms with Crippen LogP contribution >= 0.6 is 0 Å². The lowest BCUT2D eigenvalue weighted by molar-refractivity contribution is 0.150. The van der Waals surface area contributed by atoms with Crippen LogP contribution in [0.5, 0.6) is 0 Å². The molecule has 0 radical (unpaired) electrons. The maximum Gasteiger partial charge on any atom is 0.261 e. The number of pyridine rings is 1. The first-order chi connectivity index (χ1) is 11.2. The number of hydrogen-bond donors (Lipinski definition) is 0. The van der Waals surface area contributed by atoms with E-state index in [1.807, 2.05) is 13.0 Å². The predicted octanol–water partition coefficient (Wildman–Crippen LogP) is 3.08. The topological polar surface area (TPSA) is 43.6 Å². The molecule has 4 nitrogen and oxygen atoms in total. The lowest BCUT2D eigenvalue weighted by Crippen LogP contribution is -2.20. The van der Waals surface area contributed by atoms with Gasteiger partial charge in [-0.25, -0.2) is 9.37 Å². The molecule has 0 N–H and O–H groups in total. The number of halogens is 1. The van der Waals surface area contributed by atoms with Gasteiger partial charge in [0.2, 0.25) is 0 Å². The molecule has 0 amide bonds. The second kappa shape index (κ2) is 6.71. The first-order valence-electron chi connectivity index (χ1n) is 7.53. The molecule has 23 heavy (non-hydrogen) atoms. The zero-order chi connectivity index (χ0) is 16.2. The number of fused-ring (bicyclic) bond motifs is 1. The summed E-state index contributed by atoms with van der Waals surface area (Å²) in [6.07, 6.45) is 3.80. The fraction of sp³-hybridized carbons (Fsp3) is 0.222. The fourth-order valence-corrected chi connectivity index (χ4v) is 2.46. The third kappa shape index (κ3) is 3.29. The van der Waals surface area contributed by atoms with Gasteiger partial charge in [0, 0.05) is 31.0 Å². The molecule has 0 spiro atoms. The SMILES string of the molecule is CCOCCc1cnc2cc(-c3cccc(F)c3)ccn2c1=O. The molecule has 118 valence electrons. The second-order valence-electron chi connectivity index (χ2n) is 5.19. The minimum Gasteiger partial charge on any atom is -0.381 e. The van der Waals surface area contributed by atoms with Gasteiger partial charge in [0.05, 0.1) is 6.61 Å². The van der Waals surface area contributed by atoms with Crippen molar-refractivity contribution in [2.75, 3.05) is 13.2 Å². The third-order valence-corrected chi connectivity index (χ3v) is 3.66. The van der Waals surface area contributed by atoms with Gasteiger partial charge < -0.3 is 4.74 Å². The Balaban J connectivity index is 1.98. The maximum atomic E-state index is 13.3. The summed E-state index contributed by atoms with van der Waals surface area (Å²) in [5, 5.41) is 0. The Morgan fingerprint density at radius 1 is 1.22 bits per heavy atom. The summed E-state index contributed by atoms with van der Waals surface area (Å²) >= 11 is 0. The molecule has 3 aromatic rings. The largest absolute Gasteiger partial charge is 0.381 e. The zero-order valence-electron chi connectivity index (χ0n) is 12.8. The highest BCUT2D eigenvalue weighted by Gasteiger charge is 2.07. The molecular formula is C18H17FN2O2. The summed E-state index contributed by atoms with van der Waals surface area (Å²) in [4.78, 5) is 16.8. The van der Waals surface area contributed by atoms with Crippen molar-refractivity contribution in [3.8, 4) is 11.1 Å². The summed E-state index contributed by atoms with van der Waals surface area (Å²) in [6, 6.07) is 9.91. The molecule has 5 heteroatoms. The number of rotatable bonds is 5. The van der Waals surface area contributed by atoms with E-state index >= 15 is 0 Å². The zero-order valence-corrected chi connectivity index (χ0v) is 12.8. The summed E-state index contributed by atoms with van der Waals surface area (Å²) in [5.41, 5.74) is 2.63. The van der Waals surface area contributed by atoms with Crippen LogP contribution in [-0.2, 0) is 11.2 Å². The Bertz CT molecular complexity index is 890. The van der Waals surface area contributed by atoms with Gasteiger partial charge in [0.25, 0.3) is 5.56 Å². The van der Waals surface area contributed by atoms with Crippen molar-refractivity contribution < 1.29 is 9.13 Å². The van der Waals surface area contributed by atoms with Crippen molar-refractivity contribution in [1.82, 2.24) is 9.38 Å². The van der Waals surface area contributed by atoms with E-state index in [9.17, 15) is 9.18 Å². The van der Waals surface area contributed by atoms with Crippen LogP contribution in [0.4, 0.5) is 4.39 Å². The Morgan fingerprint density at radius 2 is 2.04 bits per heavy atom. The molecule has 0 unspecified atom stereocenters. The third-order valence-electron chi connectivity index (χ3n) is 3.66. The lowest BCUT2D eigenvalue weighted by atomic mass is 10.1. The monoisotopic (exact) mass is 312 g/mol. The number of hydrogen-bond acceptors (Lipinski definition) is 3. The van der Waals surface area contributed by atoms with Gasteiger partial charge in [0.15, 0.2) is 0 Å². The van der Waals surface area contributed by atoms with E-state index in [1.54, 1.807) is 30.6 Å². The van der Waals surface area contributed by atoms with E-state index in [1.165, 1.54) is 16.5 Å². The predicted molar refractivity (Wildman–Crippen MR) is 87.1 cm³/mol. The molecule has 0 fully saturated rings. The van der Waals surface area contributed by atoms with Crippen molar-refractivity contribution >= 4 is 5.65 Å². The van der Waals surface area contributed by atoms with E-state index in [0.29, 0.717) is 30.8 Å². The average Bonchev–Trinajstić information content (AvgIpc) is 2.57.